The summed E-state index contributed by atoms with van der Waals surface area (Å²) < 4.78 is 0. The Morgan fingerprint density at radius 3 is 2.72 bits per heavy atom. The number of amides is 2. The van der Waals surface area contributed by atoms with E-state index in [4.69, 9.17) is 0 Å². The monoisotopic (exact) mass is 407 g/mol. The zero-order valence-electron chi connectivity index (χ0n) is 15.9. The molecule has 1 fully saturated rings. The van der Waals surface area contributed by atoms with E-state index in [9.17, 15) is 9.59 Å². The molecular formula is C21H21N5O2S. The summed E-state index contributed by atoms with van der Waals surface area (Å²) >= 11 is 1.25. The molecule has 1 aliphatic carbocycles. The number of nitrogens with one attached hydrogen (secondary N) is 3. The molecule has 2 amide bonds. The molecule has 29 heavy (non-hydrogen) atoms. The first-order valence-electron chi connectivity index (χ1n) is 9.40. The number of anilines is 1. The topological polar surface area (TPSA) is 99.8 Å². The van der Waals surface area contributed by atoms with Gasteiger partial charge in [-0.15, -0.1) is 5.10 Å². The van der Waals surface area contributed by atoms with Gasteiger partial charge in [0.05, 0.1) is 5.75 Å². The van der Waals surface area contributed by atoms with Crippen LogP contribution in [-0.4, -0.2) is 38.8 Å². The molecule has 1 aliphatic rings. The van der Waals surface area contributed by atoms with Gasteiger partial charge in [-0.3, -0.25) is 14.7 Å². The van der Waals surface area contributed by atoms with Crippen LogP contribution >= 0.6 is 11.8 Å². The number of benzene rings is 2. The Balaban J connectivity index is 1.31. The van der Waals surface area contributed by atoms with Crippen molar-refractivity contribution in [2.45, 2.75) is 31.0 Å². The van der Waals surface area contributed by atoms with Crippen molar-refractivity contribution in [3.8, 4) is 11.4 Å². The van der Waals surface area contributed by atoms with Crippen LogP contribution in [0, 0.1) is 6.92 Å². The second kappa shape index (κ2) is 8.48. The Kier molecular flexibility index (Phi) is 5.62. The lowest BCUT2D eigenvalue weighted by Gasteiger charge is -2.07. The molecule has 1 heterocycles. The van der Waals surface area contributed by atoms with Crippen molar-refractivity contribution in [3.05, 3.63) is 59.7 Å². The minimum absolute atomic E-state index is 0.109. The Morgan fingerprint density at radius 1 is 1.17 bits per heavy atom. The molecule has 0 saturated heterocycles. The van der Waals surface area contributed by atoms with Crippen molar-refractivity contribution in [3.63, 3.8) is 0 Å². The number of hydrogen-bond donors (Lipinski definition) is 3. The first-order chi connectivity index (χ1) is 14.1. The number of rotatable bonds is 7. The molecule has 3 aromatic rings. The number of nitrogens with zero attached hydrogens (tertiary/aromatic N) is 2. The molecule has 8 heteroatoms. The Labute approximate surface area is 172 Å². The summed E-state index contributed by atoms with van der Waals surface area (Å²) in [5, 5.41) is 13.3. The van der Waals surface area contributed by atoms with Gasteiger partial charge in [-0.2, -0.15) is 0 Å². The number of H-pyrrole nitrogens is 1. The van der Waals surface area contributed by atoms with Gasteiger partial charge in [0, 0.05) is 22.9 Å². The Morgan fingerprint density at radius 2 is 1.97 bits per heavy atom. The van der Waals surface area contributed by atoms with Gasteiger partial charge in [-0.25, -0.2) is 4.98 Å². The lowest BCUT2D eigenvalue weighted by Crippen LogP contribution is -2.25. The van der Waals surface area contributed by atoms with Crippen LogP contribution in [0.15, 0.2) is 53.7 Å². The molecule has 4 rings (SSSR count). The van der Waals surface area contributed by atoms with Crippen LogP contribution in [0.4, 0.5) is 5.69 Å². The summed E-state index contributed by atoms with van der Waals surface area (Å²) in [7, 11) is 0. The van der Waals surface area contributed by atoms with Gasteiger partial charge < -0.3 is 10.6 Å². The Bertz CT molecular complexity index is 1030. The maximum Gasteiger partial charge on any atom is 0.251 e. The third-order valence-electron chi connectivity index (χ3n) is 4.44. The van der Waals surface area contributed by atoms with E-state index in [2.05, 4.69) is 25.8 Å². The third kappa shape index (κ3) is 5.23. The van der Waals surface area contributed by atoms with Crippen LogP contribution in [0.2, 0.25) is 0 Å². The van der Waals surface area contributed by atoms with E-state index in [1.165, 1.54) is 17.3 Å². The van der Waals surface area contributed by atoms with Gasteiger partial charge in [-0.1, -0.05) is 47.7 Å². The number of hydrogen-bond acceptors (Lipinski definition) is 5. The second-order valence-electron chi connectivity index (χ2n) is 7.00. The number of aryl methyl sites for hydroxylation is 1. The summed E-state index contributed by atoms with van der Waals surface area (Å²) in [5.41, 5.74) is 3.25. The van der Waals surface area contributed by atoms with Crippen LogP contribution < -0.4 is 10.6 Å². The maximum absolute atomic E-state index is 12.3. The normalized spacial score (nSPS) is 13.1. The van der Waals surface area contributed by atoms with Gasteiger partial charge >= 0.3 is 0 Å². The van der Waals surface area contributed by atoms with Gasteiger partial charge in [-0.05, 0) is 38.0 Å². The standard InChI is InChI=1S/C21H21N5O2S/c1-13-5-7-14(8-6-13)19-24-21(26-25-19)29-12-18(27)22-17-4-2-3-15(11-17)20(28)23-16-9-10-16/h2-8,11,16H,9-10,12H2,1H3,(H,22,27)(H,23,28)(H,24,25,26). The molecule has 0 aliphatic heterocycles. The number of thioether (sulfide) groups is 1. The summed E-state index contributed by atoms with van der Waals surface area (Å²) in [6, 6.07) is 15.2. The first kappa shape index (κ1) is 19.2. The van der Waals surface area contributed by atoms with Gasteiger partial charge in [0.25, 0.3) is 5.91 Å². The zero-order chi connectivity index (χ0) is 20.2. The van der Waals surface area contributed by atoms with E-state index in [-0.39, 0.29) is 17.6 Å². The van der Waals surface area contributed by atoms with Crippen molar-refractivity contribution in [2.24, 2.45) is 0 Å². The fourth-order valence-electron chi connectivity index (χ4n) is 2.71. The SMILES string of the molecule is Cc1ccc(-c2nc(SCC(=O)Nc3cccc(C(=O)NC4CC4)c3)n[nH]2)cc1. The van der Waals surface area contributed by atoms with E-state index in [1.54, 1.807) is 24.3 Å². The minimum atomic E-state index is -0.184. The highest BCUT2D eigenvalue weighted by Crippen LogP contribution is 2.21. The molecule has 0 radical (unpaired) electrons. The lowest BCUT2D eigenvalue weighted by atomic mass is 10.1. The number of carbonyl (C=O) groups excluding carboxylic acids is 2. The number of carbonyl (C=O) groups is 2. The number of aromatic nitrogens is 3. The predicted molar refractivity (Wildman–Crippen MR) is 113 cm³/mol. The van der Waals surface area contributed by atoms with E-state index >= 15 is 0 Å². The lowest BCUT2D eigenvalue weighted by molar-refractivity contribution is -0.113. The van der Waals surface area contributed by atoms with Crippen LogP contribution in [-0.2, 0) is 4.79 Å². The summed E-state index contributed by atoms with van der Waals surface area (Å²) in [4.78, 5) is 28.8. The minimum Gasteiger partial charge on any atom is -0.349 e. The highest BCUT2D eigenvalue weighted by Gasteiger charge is 2.23. The fraction of sp³-hybridized carbons (Fsp3) is 0.238. The largest absolute Gasteiger partial charge is 0.349 e. The van der Waals surface area contributed by atoms with Crippen LogP contribution in [0.5, 0.6) is 0 Å². The molecule has 2 aromatic carbocycles. The third-order valence-corrected chi connectivity index (χ3v) is 5.29. The van der Waals surface area contributed by atoms with Crippen LogP contribution in [0.25, 0.3) is 11.4 Å². The van der Waals surface area contributed by atoms with Crippen LogP contribution in [0.1, 0.15) is 28.8 Å². The molecule has 0 spiro atoms. The van der Waals surface area contributed by atoms with Gasteiger partial charge in [0.2, 0.25) is 11.1 Å². The van der Waals surface area contributed by atoms with Crippen molar-refractivity contribution in [1.29, 1.82) is 0 Å². The molecule has 1 saturated carbocycles. The van der Waals surface area contributed by atoms with Crippen LogP contribution in [0.3, 0.4) is 0 Å². The summed E-state index contributed by atoms with van der Waals surface area (Å²) in [5.74, 6) is 0.546. The average Bonchev–Trinajstić information content (AvgIpc) is 3.41. The van der Waals surface area contributed by atoms with Gasteiger partial charge in [0.15, 0.2) is 5.82 Å². The van der Waals surface area contributed by atoms with Gasteiger partial charge in [0.1, 0.15) is 0 Å². The molecule has 0 unspecified atom stereocenters. The van der Waals surface area contributed by atoms with E-state index in [1.807, 2.05) is 31.2 Å². The smallest absolute Gasteiger partial charge is 0.251 e. The van der Waals surface area contributed by atoms with Crippen molar-refractivity contribution in [1.82, 2.24) is 20.5 Å². The first-order valence-corrected chi connectivity index (χ1v) is 10.4. The Hall–Kier alpha value is -3.13. The maximum atomic E-state index is 12.3. The fourth-order valence-corrected chi connectivity index (χ4v) is 3.31. The van der Waals surface area contributed by atoms with E-state index in [0.717, 1.165) is 18.4 Å². The highest BCUT2D eigenvalue weighted by molar-refractivity contribution is 7.99. The molecular weight excluding hydrogens is 386 g/mol. The van der Waals surface area contributed by atoms with Crippen molar-refractivity contribution in [2.75, 3.05) is 11.1 Å². The average molecular weight is 407 g/mol. The molecule has 3 N–H and O–H groups in total. The number of aromatic amines is 1. The second-order valence-corrected chi connectivity index (χ2v) is 7.94. The molecule has 1 aromatic heterocycles. The summed E-state index contributed by atoms with van der Waals surface area (Å²) in [6.45, 7) is 2.03. The molecule has 0 bridgehead atoms. The highest BCUT2D eigenvalue weighted by atomic mass is 32.2. The van der Waals surface area contributed by atoms with Crippen molar-refractivity contribution >= 4 is 29.3 Å². The molecule has 0 atom stereocenters. The zero-order valence-corrected chi connectivity index (χ0v) is 16.8. The van der Waals surface area contributed by atoms with E-state index < -0.39 is 0 Å². The van der Waals surface area contributed by atoms with E-state index in [0.29, 0.717) is 28.3 Å². The summed E-state index contributed by atoms with van der Waals surface area (Å²) in [6.07, 6.45) is 2.07. The molecule has 7 nitrogen and oxygen atoms in total. The quantitative estimate of drug-likeness (QED) is 0.521. The molecule has 148 valence electrons. The van der Waals surface area contributed by atoms with Crippen molar-refractivity contribution < 1.29 is 9.59 Å². The predicted octanol–water partition coefficient (Wildman–Crippen LogP) is 3.40.